The van der Waals surface area contributed by atoms with Gasteiger partial charge < -0.3 is 32.5 Å². The Morgan fingerprint density at radius 3 is 1.53 bits per heavy atom. The van der Waals surface area contributed by atoms with Gasteiger partial charge >= 0.3 is 17.9 Å². The van der Waals surface area contributed by atoms with Crippen LogP contribution in [0, 0.1) is 0 Å². The van der Waals surface area contributed by atoms with E-state index >= 15 is 0 Å². The molecule has 110 valence electrons. The van der Waals surface area contributed by atoms with Crippen molar-refractivity contribution in [1.29, 1.82) is 0 Å². The smallest absolute Gasteiger partial charge is 0.321 e. The molecule has 0 heterocycles. The van der Waals surface area contributed by atoms with Gasteiger partial charge in [-0.2, -0.15) is 0 Å². The summed E-state index contributed by atoms with van der Waals surface area (Å²) < 4.78 is 0. The van der Waals surface area contributed by atoms with Crippen LogP contribution in [0.15, 0.2) is 0 Å². The third kappa shape index (κ3) is 13.7. The maximum Gasteiger partial charge on any atom is 0.321 e. The molecule has 2 atom stereocenters. The van der Waals surface area contributed by atoms with E-state index < -0.39 is 42.3 Å². The first-order chi connectivity index (χ1) is 8.57. The van der Waals surface area contributed by atoms with Crippen LogP contribution in [0.1, 0.15) is 19.3 Å². The van der Waals surface area contributed by atoms with Crippen LogP contribution in [0.3, 0.4) is 0 Å². The standard InChI is InChI=1S/C5H10N2O3.C4H7NO4/c6-3(5(9)10)1-2-4(7)8;5-2(4(8)9)1-3(6)7/h3H,1-2,6H2,(H2,7,8)(H,9,10);2H,1,5H2,(H,6,7)(H,8,9)/t;2-/m.0/s1. The number of amides is 1. The Bertz CT molecular complexity index is 345. The van der Waals surface area contributed by atoms with Gasteiger partial charge in [-0.15, -0.1) is 0 Å². The molecule has 0 fully saturated rings. The molecule has 10 heteroatoms. The number of hydrogen-bond donors (Lipinski definition) is 6. The Morgan fingerprint density at radius 2 is 1.32 bits per heavy atom. The zero-order chi connectivity index (χ0) is 15.6. The number of hydrogen-bond acceptors (Lipinski definition) is 6. The molecule has 0 saturated heterocycles. The lowest BCUT2D eigenvalue weighted by Crippen LogP contribution is -2.32. The predicted molar refractivity (Wildman–Crippen MR) is 61.9 cm³/mol. The highest BCUT2D eigenvalue weighted by atomic mass is 16.4. The van der Waals surface area contributed by atoms with Crippen LogP contribution in [-0.4, -0.2) is 51.2 Å². The molecular weight excluding hydrogens is 262 g/mol. The van der Waals surface area contributed by atoms with Gasteiger partial charge in [-0.3, -0.25) is 19.2 Å². The summed E-state index contributed by atoms with van der Waals surface area (Å²) in [6, 6.07) is -2.27. The molecule has 1 unspecified atom stereocenters. The fourth-order valence-corrected chi connectivity index (χ4v) is 0.697. The van der Waals surface area contributed by atoms with E-state index in [-0.39, 0.29) is 12.8 Å². The quantitative estimate of drug-likeness (QED) is 0.291. The number of carboxylic acid groups (broad SMARTS) is 3. The summed E-state index contributed by atoms with van der Waals surface area (Å²) in [6.07, 6.45) is -0.409. The van der Waals surface area contributed by atoms with E-state index in [1.54, 1.807) is 0 Å². The number of carbonyl (C=O) groups excluding carboxylic acids is 1. The molecule has 0 aromatic rings. The van der Waals surface area contributed by atoms with Crippen LogP contribution >= 0.6 is 0 Å². The Balaban J connectivity index is 0. The molecule has 0 aromatic carbocycles. The minimum Gasteiger partial charge on any atom is -0.481 e. The van der Waals surface area contributed by atoms with Gasteiger partial charge in [-0.05, 0) is 6.42 Å². The summed E-state index contributed by atoms with van der Waals surface area (Å²) >= 11 is 0. The lowest BCUT2D eigenvalue weighted by atomic mass is 10.2. The van der Waals surface area contributed by atoms with Crippen molar-refractivity contribution < 1.29 is 34.5 Å². The van der Waals surface area contributed by atoms with E-state index in [1.807, 2.05) is 0 Å². The second-order valence-corrected chi connectivity index (χ2v) is 3.49. The highest BCUT2D eigenvalue weighted by Gasteiger charge is 2.14. The first-order valence-electron chi connectivity index (χ1n) is 5.04. The average molecular weight is 279 g/mol. The topological polar surface area (TPSA) is 207 Å². The largest absolute Gasteiger partial charge is 0.481 e. The molecular formula is C9H17N3O7. The third-order valence-electron chi connectivity index (χ3n) is 1.73. The predicted octanol–water partition coefficient (Wildman–Crippen LogP) is -2.46. The van der Waals surface area contributed by atoms with Gasteiger partial charge in [0.15, 0.2) is 0 Å². The van der Waals surface area contributed by atoms with E-state index in [0.29, 0.717) is 0 Å². The zero-order valence-electron chi connectivity index (χ0n) is 9.98. The lowest BCUT2D eigenvalue weighted by molar-refractivity contribution is -0.144. The van der Waals surface area contributed by atoms with Gasteiger partial charge in [0, 0.05) is 6.42 Å². The van der Waals surface area contributed by atoms with Crippen molar-refractivity contribution in [3.05, 3.63) is 0 Å². The average Bonchev–Trinajstić information content (AvgIpc) is 2.25. The molecule has 0 rings (SSSR count). The van der Waals surface area contributed by atoms with Crippen molar-refractivity contribution >= 4 is 23.8 Å². The van der Waals surface area contributed by atoms with Gasteiger partial charge in [0.1, 0.15) is 12.1 Å². The summed E-state index contributed by atoms with van der Waals surface area (Å²) in [5, 5.41) is 24.2. The van der Waals surface area contributed by atoms with E-state index in [2.05, 4.69) is 0 Å². The number of carbonyl (C=O) groups is 4. The molecule has 0 aliphatic heterocycles. The summed E-state index contributed by atoms with van der Waals surface area (Å²) in [6.45, 7) is 0. The lowest BCUT2D eigenvalue weighted by Gasteiger charge is -2.01. The second kappa shape index (κ2) is 9.79. The second-order valence-electron chi connectivity index (χ2n) is 3.49. The minimum absolute atomic E-state index is 0.0213. The van der Waals surface area contributed by atoms with Crippen molar-refractivity contribution in [2.45, 2.75) is 31.3 Å². The highest BCUT2D eigenvalue weighted by Crippen LogP contribution is 1.92. The van der Waals surface area contributed by atoms with Crippen LogP contribution in [0.2, 0.25) is 0 Å². The normalized spacial score (nSPS) is 12.5. The number of nitrogens with two attached hydrogens (primary N) is 3. The maximum absolute atomic E-state index is 10.1. The molecule has 10 nitrogen and oxygen atoms in total. The van der Waals surface area contributed by atoms with Gasteiger partial charge in [-0.1, -0.05) is 0 Å². The van der Waals surface area contributed by atoms with E-state index in [1.165, 1.54) is 0 Å². The van der Waals surface area contributed by atoms with Gasteiger partial charge in [0.2, 0.25) is 5.91 Å². The Kier molecular flexibility index (Phi) is 9.87. The fourth-order valence-electron chi connectivity index (χ4n) is 0.697. The monoisotopic (exact) mass is 279 g/mol. The summed E-state index contributed by atoms with van der Waals surface area (Å²) in [7, 11) is 0. The molecule has 0 bridgehead atoms. The van der Waals surface area contributed by atoms with Crippen molar-refractivity contribution in [2.24, 2.45) is 17.2 Å². The number of primary amides is 1. The van der Waals surface area contributed by atoms with Gasteiger partial charge in [-0.25, -0.2) is 0 Å². The molecule has 0 aliphatic rings. The van der Waals surface area contributed by atoms with Crippen LogP contribution in [-0.2, 0) is 19.2 Å². The molecule has 19 heavy (non-hydrogen) atoms. The van der Waals surface area contributed by atoms with Crippen LogP contribution < -0.4 is 17.2 Å². The molecule has 0 saturated carbocycles. The summed E-state index contributed by atoms with van der Waals surface area (Å²) in [5.41, 5.74) is 14.6. The number of aliphatic carboxylic acids is 3. The first-order valence-corrected chi connectivity index (χ1v) is 5.04. The van der Waals surface area contributed by atoms with Crippen LogP contribution in [0.4, 0.5) is 0 Å². The Labute approximate surface area is 108 Å². The number of carboxylic acids is 3. The zero-order valence-corrected chi connectivity index (χ0v) is 9.98. The fraction of sp³-hybridized carbons (Fsp3) is 0.556. The molecule has 0 spiro atoms. The van der Waals surface area contributed by atoms with Gasteiger partial charge in [0.05, 0.1) is 6.42 Å². The molecule has 1 amide bonds. The third-order valence-corrected chi connectivity index (χ3v) is 1.73. The minimum atomic E-state index is -1.29. The van der Waals surface area contributed by atoms with E-state index in [0.717, 1.165) is 0 Å². The Morgan fingerprint density at radius 1 is 0.895 bits per heavy atom. The van der Waals surface area contributed by atoms with Crippen LogP contribution in [0.25, 0.3) is 0 Å². The molecule has 0 aliphatic carbocycles. The SMILES string of the molecule is NC(=O)CCC(N)C(=O)O.N[C@@H](CC(=O)O)C(=O)O. The van der Waals surface area contributed by atoms with Crippen molar-refractivity contribution in [1.82, 2.24) is 0 Å². The molecule has 0 aromatic heterocycles. The van der Waals surface area contributed by atoms with Crippen molar-refractivity contribution in [2.75, 3.05) is 0 Å². The maximum atomic E-state index is 10.1. The van der Waals surface area contributed by atoms with E-state index in [9.17, 15) is 19.2 Å². The summed E-state index contributed by atoms with van der Waals surface area (Å²) in [5.74, 6) is -4.14. The van der Waals surface area contributed by atoms with Gasteiger partial charge in [0.25, 0.3) is 0 Å². The number of rotatable bonds is 7. The van der Waals surface area contributed by atoms with Crippen molar-refractivity contribution in [3.63, 3.8) is 0 Å². The first kappa shape index (κ1) is 19.1. The van der Waals surface area contributed by atoms with E-state index in [4.69, 9.17) is 32.5 Å². The van der Waals surface area contributed by atoms with Crippen LogP contribution in [0.5, 0.6) is 0 Å². The molecule has 0 radical (unpaired) electrons. The molecule has 9 N–H and O–H groups in total. The Hall–Kier alpha value is -2.20. The summed E-state index contributed by atoms with van der Waals surface area (Å²) in [4.78, 5) is 39.8. The van der Waals surface area contributed by atoms with Crippen molar-refractivity contribution in [3.8, 4) is 0 Å². The highest BCUT2D eigenvalue weighted by molar-refractivity contribution is 5.80.